The second kappa shape index (κ2) is 8.94. The Morgan fingerprint density at radius 1 is 1.28 bits per heavy atom. The number of hydrogen-bond acceptors (Lipinski definition) is 6. The lowest BCUT2D eigenvalue weighted by Crippen LogP contribution is -2.46. The van der Waals surface area contributed by atoms with Crippen molar-refractivity contribution < 1.29 is 14.3 Å². The Morgan fingerprint density at radius 2 is 2.00 bits per heavy atom. The van der Waals surface area contributed by atoms with Gasteiger partial charge in [0.1, 0.15) is 23.9 Å². The third kappa shape index (κ3) is 6.82. The van der Waals surface area contributed by atoms with E-state index < -0.39 is 5.60 Å². The van der Waals surface area contributed by atoms with E-state index in [4.69, 9.17) is 9.47 Å². The number of nitrogens with one attached hydrogen (secondary N) is 1. The molecule has 6 nitrogen and oxygen atoms in total. The fraction of sp³-hybridized carbons (Fsp3) is 0.632. The highest BCUT2D eigenvalue weighted by atomic mass is 16.6. The van der Waals surface area contributed by atoms with Crippen LogP contribution in [0.3, 0.4) is 0 Å². The molecule has 25 heavy (non-hydrogen) atoms. The van der Waals surface area contributed by atoms with Crippen molar-refractivity contribution in [3.05, 3.63) is 34.7 Å². The van der Waals surface area contributed by atoms with E-state index in [1.54, 1.807) is 0 Å². The molecule has 1 aromatic carbocycles. The topological polar surface area (TPSA) is 77.0 Å². The van der Waals surface area contributed by atoms with E-state index in [0.29, 0.717) is 12.5 Å². The summed E-state index contributed by atoms with van der Waals surface area (Å²) in [6, 6.07) is 7.17. The molecular weight excluding hydrogens is 320 g/mol. The van der Waals surface area contributed by atoms with Crippen LogP contribution in [-0.2, 0) is 16.1 Å². The van der Waals surface area contributed by atoms with Crippen molar-refractivity contribution in [2.45, 2.75) is 58.2 Å². The number of hydrogen-bond donors (Lipinski definition) is 1. The predicted octanol–water partition coefficient (Wildman–Crippen LogP) is 3.43. The minimum atomic E-state index is -0.458. The van der Waals surface area contributed by atoms with Gasteiger partial charge in [0.15, 0.2) is 0 Å². The quantitative estimate of drug-likeness (QED) is 0.603. The molecule has 0 bridgehead atoms. The smallest absolute Gasteiger partial charge is 0.323 e. The fourth-order valence-electron chi connectivity index (χ4n) is 2.92. The molecule has 0 radical (unpaired) electrons. The zero-order chi connectivity index (χ0) is 18.3. The third-order valence-electron chi connectivity index (χ3n) is 4.17. The number of carbonyl (C=O) groups is 1. The molecule has 0 amide bonds. The zero-order valence-corrected chi connectivity index (χ0v) is 15.3. The number of nitroso groups, excluding NO2 is 1. The monoisotopic (exact) mass is 348 g/mol. The van der Waals surface area contributed by atoms with E-state index in [-0.39, 0.29) is 18.6 Å². The highest BCUT2D eigenvalue weighted by Gasteiger charge is 2.30. The molecule has 0 aliphatic carbocycles. The minimum absolute atomic E-state index is 0.169. The zero-order valence-electron chi connectivity index (χ0n) is 15.3. The molecule has 1 N–H and O–H groups in total. The number of carbonyl (C=O) groups excluding carboxylic acids is 1. The van der Waals surface area contributed by atoms with Crippen molar-refractivity contribution >= 4 is 5.97 Å². The van der Waals surface area contributed by atoms with E-state index >= 15 is 0 Å². The van der Waals surface area contributed by atoms with Gasteiger partial charge in [0, 0.05) is 0 Å². The number of piperidine rings is 1. The lowest BCUT2D eigenvalue weighted by Gasteiger charge is -2.31. The van der Waals surface area contributed by atoms with Gasteiger partial charge in [0.2, 0.25) is 0 Å². The van der Waals surface area contributed by atoms with Crippen molar-refractivity contribution in [1.29, 1.82) is 0 Å². The van der Waals surface area contributed by atoms with E-state index in [0.717, 1.165) is 37.1 Å². The van der Waals surface area contributed by atoms with Crippen molar-refractivity contribution in [2.75, 3.05) is 13.2 Å². The van der Waals surface area contributed by atoms with Crippen LogP contribution in [0.4, 0.5) is 0 Å². The third-order valence-corrected chi connectivity index (χ3v) is 4.17. The molecule has 0 spiro atoms. The van der Waals surface area contributed by atoms with Gasteiger partial charge < -0.3 is 14.8 Å². The summed E-state index contributed by atoms with van der Waals surface area (Å²) in [6.07, 6.45) is 2.72. The standard InChI is InChI=1S/C19H28N2O4/c1-19(2,3)25-18(22)17-12-14(8-10-20-17)9-11-24-16-6-4-15(5-7-16)13-21-23/h4-7,14,17,20H,8-13H2,1-3H3. The van der Waals surface area contributed by atoms with Gasteiger partial charge in [-0.3, -0.25) is 4.79 Å². The van der Waals surface area contributed by atoms with Crippen LogP contribution in [0.5, 0.6) is 5.75 Å². The molecule has 1 aliphatic rings. The molecular formula is C19H28N2O4. The molecule has 2 atom stereocenters. The van der Waals surface area contributed by atoms with E-state index in [9.17, 15) is 9.70 Å². The van der Waals surface area contributed by atoms with Crippen LogP contribution in [0, 0.1) is 10.8 Å². The van der Waals surface area contributed by atoms with Crippen LogP contribution in [0.2, 0.25) is 0 Å². The Hall–Kier alpha value is -1.95. The van der Waals surface area contributed by atoms with Crippen LogP contribution >= 0.6 is 0 Å². The highest BCUT2D eigenvalue weighted by molar-refractivity contribution is 5.76. The first kappa shape index (κ1) is 19.4. The van der Waals surface area contributed by atoms with Gasteiger partial charge in [-0.1, -0.05) is 17.3 Å². The number of esters is 1. The lowest BCUT2D eigenvalue weighted by atomic mass is 9.90. The molecule has 1 heterocycles. The normalized spacial score (nSPS) is 20.8. The summed E-state index contributed by atoms with van der Waals surface area (Å²) in [5.41, 5.74) is 0.418. The van der Waals surface area contributed by atoms with Crippen LogP contribution in [0.25, 0.3) is 0 Å². The van der Waals surface area contributed by atoms with Crippen molar-refractivity contribution in [3.63, 3.8) is 0 Å². The second-order valence-electron chi connectivity index (χ2n) is 7.50. The van der Waals surface area contributed by atoms with Gasteiger partial charge in [-0.2, -0.15) is 4.91 Å². The van der Waals surface area contributed by atoms with Gasteiger partial charge in [0.05, 0.1) is 6.61 Å². The Morgan fingerprint density at radius 3 is 2.64 bits per heavy atom. The molecule has 138 valence electrons. The summed E-state index contributed by atoms with van der Waals surface area (Å²) in [6.45, 7) is 7.26. The number of benzene rings is 1. The molecule has 6 heteroatoms. The average molecular weight is 348 g/mol. The maximum absolute atomic E-state index is 12.2. The minimum Gasteiger partial charge on any atom is -0.494 e. The highest BCUT2D eigenvalue weighted by Crippen LogP contribution is 2.23. The molecule has 2 rings (SSSR count). The van der Waals surface area contributed by atoms with Gasteiger partial charge in [-0.15, -0.1) is 0 Å². The van der Waals surface area contributed by atoms with Gasteiger partial charge in [0.25, 0.3) is 0 Å². The van der Waals surface area contributed by atoms with Crippen LogP contribution in [-0.4, -0.2) is 30.8 Å². The molecule has 1 saturated heterocycles. The molecule has 1 fully saturated rings. The Balaban J connectivity index is 1.75. The summed E-state index contributed by atoms with van der Waals surface area (Å²) < 4.78 is 11.2. The Labute approximate surface area is 149 Å². The average Bonchev–Trinajstić information content (AvgIpc) is 2.55. The van der Waals surface area contributed by atoms with E-state index in [1.807, 2.05) is 45.0 Å². The predicted molar refractivity (Wildman–Crippen MR) is 96.4 cm³/mol. The van der Waals surface area contributed by atoms with Crippen molar-refractivity contribution in [2.24, 2.45) is 11.1 Å². The summed E-state index contributed by atoms with van der Waals surface area (Å²) >= 11 is 0. The summed E-state index contributed by atoms with van der Waals surface area (Å²) in [4.78, 5) is 22.4. The van der Waals surface area contributed by atoms with Gasteiger partial charge in [-0.05, 0) is 70.2 Å². The summed E-state index contributed by atoms with van der Waals surface area (Å²) in [5, 5.41) is 6.12. The van der Waals surface area contributed by atoms with E-state index in [2.05, 4.69) is 10.5 Å². The maximum Gasteiger partial charge on any atom is 0.323 e. The molecule has 0 aromatic heterocycles. The Bertz CT molecular complexity index is 566. The molecule has 1 aliphatic heterocycles. The Kier molecular flexibility index (Phi) is 6.93. The number of ether oxygens (including phenoxy) is 2. The van der Waals surface area contributed by atoms with Gasteiger partial charge >= 0.3 is 5.97 Å². The fourth-order valence-corrected chi connectivity index (χ4v) is 2.92. The van der Waals surface area contributed by atoms with E-state index in [1.165, 1.54) is 0 Å². The lowest BCUT2D eigenvalue weighted by molar-refractivity contribution is -0.158. The largest absolute Gasteiger partial charge is 0.494 e. The summed E-state index contributed by atoms with van der Waals surface area (Å²) in [5.74, 6) is 1.06. The molecule has 2 unspecified atom stereocenters. The van der Waals surface area contributed by atoms with Crippen LogP contribution in [0.1, 0.15) is 45.6 Å². The number of rotatable bonds is 7. The second-order valence-corrected chi connectivity index (χ2v) is 7.50. The summed E-state index contributed by atoms with van der Waals surface area (Å²) in [7, 11) is 0. The van der Waals surface area contributed by atoms with Gasteiger partial charge in [-0.25, -0.2) is 0 Å². The van der Waals surface area contributed by atoms with Crippen molar-refractivity contribution in [3.8, 4) is 5.75 Å². The SMILES string of the molecule is CC(C)(C)OC(=O)C1CC(CCOc2ccc(CN=O)cc2)CCN1. The maximum atomic E-state index is 12.2. The molecule has 0 saturated carbocycles. The first-order chi connectivity index (χ1) is 11.9. The van der Waals surface area contributed by atoms with Crippen LogP contribution < -0.4 is 10.1 Å². The first-order valence-corrected chi connectivity index (χ1v) is 8.84. The van der Waals surface area contributed by atoms with Crippen molar-refractivity contribution in [1.82, 2.24) is 5.32 Å². The molecule has 1 aromatic rings. The van der Waals surface area contributed by atoms with Crippen LogP contribution in [0.15, 0.2) is 29.4 Å². The first-order valence-electron chi connectivity index (χ1n) is 8.84. The number of nitrogens with zero attached hydrogens (tertiary/aromatic N) is 1.